The van der Waals surface area contributed by atoms with E-state index in [1.165, 1.54) is 0 Å². The molecule has 7 heteroatoms. The van der Waals surface area contributed by atoms with Gasteiger partial charge >= 0.3 is 0 Å². The maximum atomic E-state index is 11.7. The van der Waals surface area contributed by atoms with E-state index in [1.807, 2.05) is 6.92 Å². The lowest BCUT2D eigenvalue weighted by Gasteiger charge is -2.10. The summed E-state index contributed by atoms with van der Waals surface area (Å²) >= 11 is 0. The Morgan fingerprint density at radius 3 is 3.06 bits per heavy atom. The van der Waals surface area contributed by atoms with Gasteiger partial charge in [-0.25, -0.2) is 0 Å². The molecule has 0 aromatic carbocycles. The fourth-order valence-corrected chi connectivity index (χ4v) is 2.88. The molecule has 1 fully saturated rings. The molecule has 0 spiro atoms. The first-order valence-electron chi connectivity index (χ1n) is 5.45. The van der Waals surface area contributed by atoms with Crippen molar-refractivity contribution in [3.05, 3.63) is 23.5 Å². The van der Waals surface area contributed by atoms with Crippen molar-refractivity contribution in [2.24, 2.45) is 0 Å². The molecule has 0 radical (unpaired) electrons. The average molecular weight is 257 g/mol. The van der Waals surface area contributed by atoms with Crippen molar-refractivity contribution < 1.29 is 12.6 Å². The third kappa shape index (κ3) is 3.72. The largest absolute Gasteiger partial charge is 0.314 e. The van der Waals surface area contributed by atoms with Gasteiger partial charge in [-0.1, -0.05) is 0 Å². The highest BCUT2D eigenvalue weighted by atomic mass is 32.2. The van der Waals surface area contributed by atoms with E-state index in [-0.39, 0.29) is 11.9 Å². The number of nitrogens with one attached hydrogen (secondary N) is 1. The zero-order valence-corrected chi connectivity index (χ0v) is 10.4. The van der Waals surface area contributed by atoms with Crippen molar-refractivity contribution >= 4 is 10.1 Å². The highest BCUT2D eigenvalue weighted by molar-refractivity contribution is 7.85. The first kappa shape index (κ1) is 12.4. The quantitative estimate of drug-likeness (QED) is 0.764. The smallest absolute Gasteiger partial charge is 0.273 e. The van der Waals surface area contributed by atoms with Gasteiger partial charge in [0.2, 0.25) is 0 Å². The molecule has 0 saturated carbocycles. The molecule has 1 aromatic heterocycles. The van der Waals surface area contributed by atoms with Crippen LogP contribution < -0.4 is 5.32 Å². The Bertz CT molecular complexity index is 483. The van der Waals surface area contributed by atoms with Gasteiger partial charge in [0.1, 0.15) is 5.75 Å². The Morgan fingerprint density at radius 2 is 2.41 bits per heavy atom. The zero-order chi connectivity index (χ0) is 12.3. The summed E-state index contributed by atoms with van der Waals surface area (Å²) < 4.78 is 28.6. The van der Waals surface area contributed by atoms with Crippen molar-refractivity contribution in [2.75, 3.05) is 13.1 Å². The summed E-state index contributed by atoms with van der Waals surface area (Å²) in [5.41, 5.74) is 1.30. The summed E-state index contributed by atoms with van der Waals surface area (Å²) in [5.74, 6) is -0.224. The predicted octanol–water partition coefficient (Wildman–Crippen LogP) is -0.00668. The molecule has 1 aromatic rings. The van der Waals surface area contributed by atoms with Crippen LogP contribution in [0.25, 0.3) is 0 Å². The average Bonchev–Trinajstić information content (AvgIpc) is 2.68. The third-order valence-electron chi connectivity index (χ3n) is 2.46. The summed E-state index contributed by atoms with van der Waals surface area (Å²) in [7, 11) is -3.58. The van der Waals surface area contributed by atoms with Gasteiger partial charge in [0.25, 0.3) is 10.1 Å². The number of aromatic nitrogens is 2. The van der Waals surface area contributed by atoms with E-state index >= 15 is 0 Å². The predicted molar refractivity (Wildman–Crippen MR) is 61.8 cm³/mol. The molecule has 0 aliphatic carbocycles. The van der Waals surface area contributed by atoms with Crippen LogP contribution in [0.15, 0.2) is 12.3 Å². The molecule has 6 nitrogen and oxygen atoms in total. The molecule has 1 saturated heterocycles. The molecule has 1 unspecified atom stereocenters. The molecule has 2 heterocycles. The fourth-order valence-electron chi connectivity index (χ4n) is 1.73. The van der Waals surface area contributed by atoms with Gasteiger partial charge in [0.05, 0.1) is 18.0 Å². The molecule has 2 rings (SSSR count). The Morgan fingerprint density at radius 1 is 1.59 bits per heavy atom. The summed E-state index contributed by atoms with van der Waals surface area (Å²) in [6.45, 7) is 3.22. The number of hydrogen-bond donors (Lipinski definition) is 1. The van der Waals surface area contributed by atoms with Crippen LogP contribution in [0.3, 0.4) is 0 Å². The molecule has 17 heavy (non-hydrogen) atoms. The normalized spacial score (nSPS) is 20.6. The Labute approximate surface area is 101 Å². The Hall–Kier alpha value is -1.05. The lowest BCUT2D eigenvalue weighted by Crippen LogP contribution is -2.22. The van der Waals surface area contributed by atoms with E-state index in [1.54, 1.807) is 12.3 Å². The van der Waals surface area contributed by atoms with Crippen LogP contribution >= 0.6 is 0 Å². The van der Waals surface area contributed by atoms with Crippen molar-refractivity contribution in [1.82, 2.24) is 15.5 Å². The molecule has 1 atom stereocenters. The van der Waals surface area contributed by atoms with Gasteiger partial charge in [0, 0.05) is 6.54 Å². The number of aryl methyl sites for hydroxylation is 1. The first-order chi connectivity index (χ1) is 8.05. The van der Waals surface area contributed by atoms with Crippen LogP contribution in [0.1, 0.15) is 17.7 Å². The molecular formula is C10H15N3O3S. The first-order valence-corrected chi connectivity index (χ1v) is 7.03. The van der Waals surface area contributed by atoms with Crippen molar-refractivity contribution in [2.45, 2.75) is 25.2 Å². The molecular weight excluding hydrogens is 242 g/mol. The van der Waals surface area contributed by atoms with Crippen molar-refractivity contribution in [1.29, 1.82) is 0 Å². The lowest BCUT2D eigenvalue weighted by atomic mass is 10.3. The standard InChI is InChI=1S/C10H15N3O3S/c1-8-4-9(13-12-5-8)7-17(14,15)16-10-2-3-11-6-10/h4-5,10-11H,2-3,6-7H2,1H3. The molecule has 0 amide bonds. The van der Waals surface area contributed by atoms with Gasteiger partial charge in [-0.3, -0.25) is 4.18 Å². The van der Waals surface area contributed by atoms with Crippen molar-refractivity contribution in [3.63, 3.8) is 0 Å². The minimum absolute atomic E-state index is 0.224. The SMILES string of the molecule is Cc1cnnc(CS(=O)(=O)OC2CCNC2)c1. The zero-order valence-electron chi connectivity index (χ0n) is 9.59. The fraction of sp³-hybridized carbons (Fsp3) is 0.600. The van der Waals surface area contributed by atoms with E-state index in [4.69, 9.17) is 4.18 Å². The second-order valence-corrected chi connectivity index (χ2v) is 5.73. The van der Waals surface area contributed by atoms with Gasteiger partial charge in [-0.2, -0.15) is 18.6 Å². The second kappa shape index (κ2) is 5.07. The maximum absolute atomic E-state index is 11.7. The molecule has 1 aliphatic heterocycles. The number of nitrogens with zero attached hydrogens (tertiary/aromatic N) is 2. The van der Waals surface area contributed by atoms with Crippen LogP contribution in [0, 0.1) is 6.92 Å². The Kier molecular flexibility index (Phi) is 3.70. The lowest BCUT2D eigenvalue weighted by molar-refractivity contribution is 0.229. The second-order valence-electron chi connectivity index (χ2n) is 4.14. The van der Waals surface area contributed by atoms with Gasteiger partial charge in [-0.15, -0.1) is 0 Å². The van der Waals surface area contributed by atoms with E-state index < -0.39 is 10.1 Å². The van der Waals surface area contributed by atoms with E-state index in [9.17, 15) is 8.42 Å². The molecule has 1 N–H and O–H groups in total. The minimum Gasteiger partial charge on any atom is -0.314 e. The summed E-state index contributed by atoms with van der Waals surface area (Å²) in [4.78, 5) is 0. The van der Waals surface area contributed by atoms with Crippen LogP contribution in [-0.4, -0.2) is 37.8 Å². The van der Waals surface area contributed by atoms with E-state index in [0.717, 1.165) is 18.5 Å². The highest BCUT2D eigenvalue weighted by Gasteiger charge is 2.23. The van der Waals surface area contributed by atoms with Crippen LogP contribution in [0.5, 0.6) is 0 Å². The van der Waals surface area contributed by atoms with E-state index in [2.05, 4.69) is 15.5 Å². The van der Waals surface area contributed by atoms with E-state index in [0.29, 0.717) is 12.2 Å². The van der Waals surface area contributed by atoms with Gasteiger partial charge in [0.15, 0.2) is 0 Å². The Balaban J connectivity index is 2.01. The van der Waals surface area contributed by atoms with Crippen molar-refractivity contribution in [3.8, 4) is 0 Å². The minimum atomic E-state index is -3.58. The van der Waals surface area contributed by atoms with Gasteiger partial charge in [-0.05, 0) is 31.5 Å². The summed E-state index contributed by atoms with van der Waals surface area (Å²) in [6.07, 6.45) is 2.05. The highest BCUT2D eigenvalue weighted by Crippen LogP contribution is 2.12. The molecule has 94 valence electrons. The number of hydrogen-bond acceptors (Lipinski definition) is 6. The van der Waals surface area contributed by atoms with Crippen LogP contribution in [0.2, 0.25) is 0 Å². The molecule has 0 bridgehead atoms. The van der Waals surface area contributed by atoms with Crippen LogP contribution in [0.4, 0.5) is 0 Å². The monoisotopic (exact) mass is 257 g/mol. The topological polar surface area (TPSA) is 81.2 Å². The van der Waals surface area contributed by atoms with Gasteiger partial charge < -0.3 is 5.32 Å². The number of rotatable bonds is 4. The molecule has 1 aliphatic rings. The summed E-state index contributed by atoms with van der Waals surface area (Å²) in [6, 6.07) is 1.70. The maximum Gasteiger partial charge on any atom is 0.273 e. The third-order valence-corrected chi connectivity index (χ3v) is 3.68. The van der Waals surface area contributed by atoms with Crippen LogP contribution in [-0.2, 0) is 20.1 Å². The summed E-state index contributed by atoms with van der Waals surface area (Å²) in [5, 5.41) is 10.5.